The van der Waals surface area contributed by atoms with E-state index in [0.29, 0.717) is 5.57 Å². The van der Waals surface area contributed by atoms with E-state index in [0.717, 1.165) is 24.7 Å². The summed E-state index contributed by atoms with van der Waals surface area (Å²) in [5.41, 5.74) is 5.65. The van der Waals surface area contributed by atoms with Gasteiger partial charge in [-0.2, -0.15) is 0 Å². The van der Waals surface area contributed by atoms with Crippen molar-refractivity contribution in [3.63, 3.8) is 0 Å². The maximum Gasteiger partial charge on any atom is 0.145 e. The third kappa shape index (κ3) is 8.36. The van der Waals surface area contributed by atoms with Crippen molar-refractivity contribution in [3.8, 4) is 0 Å². The number of carbonyl (C=O) groups is 1. The first-order valence-corrected chi connectivity index (χ1v) is 9.54. The highest BCUT2D eigenvalue weighted by molar-refractivity contribution is 5.72. The quantitative estimate of drug-likeness (QED) is 0.331. The van der Waals surface area contributed by atoms with Crippen LogP contribution < -0.4 is 0 Å². The molecule has 1 rings (SSSR count). The van der Waals surface area contributed by atoms with Gasteiger partial charge in [0.05, 0.1) is 6.10 Å². The molecule has 0 saturated heterocycles. The molecule has 1 aliphatic carbocycles. The molecule has 0 aliphatic heterocycles. The molecule has 0 amide bonds. The predicted molar refractivity (Wildman–Crippen MR) is 116 cm³/mol. The Hall–Kier alpha value is -2.19. The van der Waals surface area contributed by atoms with Crippen LogP contribution >= 0.6 is 0 Å². The van der Waals surface area contributed by atoms with Crippen LogP contribution in [0.1, 0.15) is 54.4 Å². The van der Waals surface area contributed by atoms with Gasteiger partial charge in [-0.1, -0.05) is 85.3 Å². The molecule has 0 bridgehead atoms. The SMILES string of the molecule is CC1=C(\C=C/C(C)=C\C=C\C(C)=C\C=C\C=C(/C)C=O)C(C)(C)CC(O)C1. The van der Waals surface area contributed by atoms with Gasteiger partial charge < -0.3 is 5.11 Å². The molecule has 1 atom stereocenters. The van der Waals surface area contributed by atoms with Gasteiger partial charge in [0.25, 0.3) is 0 Å². The Morgan fingerprint density at radius 3 is 2.11 bits per heavy atom. The van der Waals surface area contributed by atoms with Crippen LogP contribution in [0.2, 0.25) is 0 Å². The van der Waals surface area contributed by atoms with Crippen LogP contribution in [0.5, 0.6) is 0 Å². The van der Waals surface area contributed by atoms with E-state index in [1.165, 1.54) is 16.7 Å². The standard InChI is InChI=1S/C25H34O2/c1-19(10-7-8-11-21(3)18-26)12-9-13-20(2)14-15-24-22(4)16-23(27)17-25(24,5)6/h7-15,18,23,27H,16-17H2,1-6H3/b8-7+,12-9+,15-14-,19-10+,20-13-,21-11+. The monoisotopic (exact) mass is 366 g/mol. The van der Waals surface area contributed by atoms with Crippen molar-refractivity contribution in [1.29, 1.82) is 0 Å². The van der Waals surface area contributed by atoms with Crippen molar-refractivity contribution in [2.45, 2.75) is 60.5 Å². The van der Waals surface area contributed by atoms with E-state index in [9.17, 15) is 9.90 Å². The van der Waals surface area contributed by atoms with E-state index in [2.05, 4.69) is 52.0 Å². The molecular formula is C25H34O2. The first-order valence-electron chi connectivity index (χ1n) is 9.54. The van der Waals surface area contributed by atoms with Crippen LogP contribution in [0.15, 0.2) is 82.5 Å². The number of aliphatic hydroxyl groups excluding tert-OH is 1. The molecule has 0 radical (unpaired) electrons. The van der Waals surface area contributed by atoms with Gasteiger partial charge in [-0.25, -0.2) is 0 Å². The zero-order valence-corrected chi connectivity index (χ0v) is 17.6. The van der Waals surface area contributed by atoms with E-state index >= 15 is 0 Å². The maximum atomic E-state index is 10.5. The van der Waals surface area contributed by atoms with E-state index in [1.807, 2.05) is 31.2 Å². The molecule has 0 aromatic carbocycles. The largest absolute Gasteiger partial charge is 0.393 e. The van der Waals surface area contributed by atoms with Gasteiger partial charge in [-0.15, -0.1) is 0 Å². The van der Waals surface area contributed by atoms with Crippen molar-refractivity contribution in [1.82, 2.24) is 0 Å². The number of aliphatic hydroxyl groups is 1. The molecule has 2 nitrogen and oxygen atoms in total. The minimum Gasteiger partial charge on any atom is -0.393 e. The maximum absolute atomic E-state index is 10.5. The summed E-state index contributed by atoms with van der Waals surface area (Å²) in [5, 5.41) is 9.99. The Morgan fingerprint density at radius 1 is 0.963 bits per heavy atom. The van der Waals surface area contributed by atoms with Crippen molar-refractivity contribution < 1.29 is 9.90 Å². The number of hydrogen-bond acceptors (Lipinski definition) is 2. The first kappa shape index (κ1) is 22.9. The Labute approximate surface area is 165 Å². The van der Waals surface area contributed by atoms with Crippen LogP contribution in [0, 0.1) is 5.41 Å². The number of rotatable bonds is 7. The molecule has 1 N–H and O–H groups in total. The molecule has 0 aromatic heterocycles. The zero-order chi connectivity index (χ0) is 20.4. The van der Waals surface area contributed by atoms with Crippen molar-refractivity contribution in [2.75, 3.05) is 0 Å². The Kier molecular flexibility index (Phi) is 9.17. The first-order chi connectivity index (χ1) is 12.7. The van der Waals surface area contributed by atoms with Crippen molar-refractivity contribution in [3.05, 3.63) is 82.5 Å². The Bertz CT molecular complexity index is 734. The minimum absolute atomic E-state index is 0.0106. The lowest BCUT2D eigenvalue weighted by Crippen LogP contribution is -2.28. The van der Waals surface area contributed by atoms with Gasteiger partial charge in [0.2, 0.25) is 0 Å². The summed E-state index contributed by atoms with van der Waals surface area (Å²) in [4.78, 5) is 10.5. The zero-order valence-electron chi connectivity index (χ0n) is 17.6. The highest BCUT2D eigenvalue weighted by Gasteiger charge is 2.31. The molecule has 0 fully saturated rings. The number of aldehydes is 1. The topological polar surface area (TPSA) is 37.3 Å². The summed E-state index contributed by atoms with van der Waals surface area (Å²) < 4.78 is 0. The molecule has 27 heavy (non-hydrogen) atoms. The highest BCUT2D eigenvalue weighted by Crippen LogP contribution is 2.40. The van der Waals surface area contributed by atoms with E-state index < -0.39 is 0 Å². The lowest BCUT2D eigenvalue weighted by atomic mass is 9.71. The van der Waals surface area contributed by atoms with Gasteiger partial charge >= 0.3 is 0 Å². The van der Waals surface area contributed by atoms with Gasteiger partial charge in [-0.05, 0) is 57.1 Å². The molecule has 1 unspecified atom stereocenters. The second-order valence-electron chi connectivity index (χ2n) is 8.07. The average Bonchev–Trinajstić information content (AvgIpc) is 2.56. The molecule has 2 heteroatoms. The Balaban J connectivity index is 2.74. The fourth-order valence-electron chi connectivity index (χ4n) is 3.31. The molecular weight excluding hydrogens is 332 g/mol. The van der Waals surface area contributed by atoms with Gasteiger partial charge in [0.15, 0.2) is 0 Å². The molecule has 0 spiro atoms. The normalized spacial score (nSPS) is 22.5. The fourth-order valence-corrected chi connectivity index (χ4v) is 3.31. The summed E-state index contributed by atoms with van der Waals surface area (Å²) in [6.45, 7) is 12.4. The van der Waals surface area contributed by atoms with Crippen LogP contribution in [0.4, 0.5) is 0 Å². The van der Waals surface area contributed by atoms with Crippen LogP contribution in [0.25, 0.3) is 0 Å². The average molecular weight is 367 g/mol. The fraction of sp³-hybridized carbons (Fsp3) is 0.400. The van der Waals surface area contributed by atoms with Gasteiger partial charge in [0.1, 0.15) is 6.29 Å². The molecule has 0 aromatic rings. The lowest BCUT2D eigenvalue weighted by Gasteiger charge is -2.35. The van der Waals surface area contributed by atoms with Crippen molar-refractivity contribution >= 4 is 6.29 Å². The Morgan fingerprint density at radius 2 is 1.52 bits per heavy atom. The molecule has 1 aliphatic rings. The predicted octanol–water partition coefficient (Wildman–Crippen LogP) is 6.19. The van der Waals surface area contributed by atoms with Gasteiger partial charge in [0, 0.05) is 0 Å². The second kappa shape index (κ2) is 10.8. The number of allylic oxidation sites excluding steroid dienone is 13. The molecule has 146 valence electrons. The summed E-state index contributed by atoms with van der Waals surface area (Å²) >= 11 is 0. The molecule has 0 saturated carbocycles. The third-order valence-corrected chi connectivity index (χ3v) is 4.72. The van der Waals surface area contributed by atoms with E-state index in [-0.39, 0.29) is 11.5 Å². The number of hydrogen-bond donors (Lipinski definition) is 1. The smallest absolute Gasteiger partial charge is 0.145 e. The highest BCUT2D eigenvalue weighted by atomic mass is 16.3. The van der Waals surface area contributed by atoms with Crippen LogP contribution in [-0.2, 0) is 4.79 Å². The molecule has 0 heterocycles. The summed E-state index contributed by atoms with van der Waals surface area (Å²) in [6.07, 6.45) is 20.3. The van der Waals surface area contributed by atoms with Crippen LogP contribution in [0.3, 0.4) is 0 Å². The minimum atomic E-state index is -0.224. The van der Waals surface area contributed by atoms with Crippen molar-refractivity contribution in [2.24, 2.45) is 5.41 Å². The van der Waals surface area contributed by atoms with Crippen LogP contribution in [-0.4, -0.2) is 17.5 Å². The summed E-state index contributed by atoms with van der Waals surface area (Å²) in [5.74, 6) is 0. The van der Waals surface area contributed by atoms with E-state index in [4.69, 9.17) is 0 Å². The summed E-state index contributed by atoms with van der Waals surface area (Å²) in [6, 6.07) is 0. The number of carbonyl (C=O) groups excluding carboxylic acids is 1. The van der Waals surface area contributed by atoms with E-state index in [1.54, 1.807) is 13.0 Å². The second-order valence-corrected chi connectivity index (χ2v) is 8.07. The summed E-state index contributed by atoms with van der Waals surface area (Å²) in [7, 11) is 0. The lowest BCUT2D eigenvalue weighted by molar-refractivity contribution is -0.104. The third-order valence-electron chi connectivity index (χ3n) is 4.72. The van der Waals surface area contributed by atoms with Gasteiger partial charge in [-0.3, -0.25) is 4.79 Å².